The molecular weight excluding hydrogens is 273 g/mol. The molecule has 3 rings (SSSR count). The highest BCUT2D eigenvalue weighted by molar-refractivity contribution is 5.95. The zero-order valence-corrected chi connectivity index (χ0v) is 11.3. The molecule has 0 saturated heterocycles. The number of esters is 1. The minimum Gasteiger partial charge on any atom is -0.465 e. The van der Waals surface area contributed by atoms with Gasteiger partial charge in [-0.3, -0.25) is 0 Å². The van der Waals surface area contributed by atoms with Gasteiger partial charge in [-0.05, 0) is 23.8 Å². The van der Waals surface area contributed by atoms with Gasteiger partial charge >= 0.3 is 5.97 Å². The monoisotopic (exact) mass is 285 g/mol. The van der Waals surface area contributed by atoms with Crippen molar-refractivity contribution in [1.82, 2.24) is 14.6 Å². The van der Waals surface area contributed by atoms with Gasteiger partial charge in [0.15, 0.2) is 11.5 Å². The van der Waals surface area contributed by atoms with Crippen LogP contribution in [0, 0.1) is 5.82 Å². The maximum atomic E-state index is 13.7. The lowest BCUT2D eigenvalue weighted by Crippen LogP contribution is -2.04. The van der Waals surface area contributed by atoms with E-state index in [4.69, 9.17) is 4.74 Å². The molecule has 0 aliphatic rings. The summed E-state index contributed by atoms with van der Waals surface area (Å²) < 4.78 is 19.9. The molecule has 0 aliphatic heterocycles. The Kier molecular flexibility index (Phi) is 3.35. The summed E-state index contributed by atoms with van der Waals surface area (Å²) in [6.07, 6.45) is 1.94. The van der Waals surface area contributed by atoms with Crippen molar-refractivity contribution < 1.29 is 13.9 Å². The highest BCUT2D eigenvalue weighted by Gasteiger charge is 2.15. The van der Waals surface area contributed by atoms with Gasteiger partial charge in [-0.1, -0.05) is 18.2 Å². The van der Waals surface area contributed by atoms with E-state index in [1.807, 2.05) is 0 Å². The van der Waals surface area contributed by atoms with E-state index < -0.39 is 5.97 Å². The van der Waals surface area contributed by atoms with Gasteiger partial charge in [-0.25, -0.2) is 18.7 Å². The summed E-state index contributed by atoms with van der Waals surface area (Å²) in [5.74, 6) is -0.341. The van der Waals surface area contributed by atoms with Crippen LogP contribution < -0.4 is 0 Å². The summed E-state index contributed by atoms with van der Waals surface area (Å²) in [7, 11) is 1.31. The second kappa shape index (κ2) is 5.32. The molecule has 3 aromatic rings. The highest BCUT2D eigenvalue weighted by atomic mass is 19.1. The fraction of sp³-hybridized carbons (Fsp3) is 0.133. The summed E-state index contributed by atoms with van der Waals surface area (Å²) in [5.41, 5.74) is 1.23. The highest BCUT2D eigenvalue weighted by Crippen LogP contribution is 2.14. The van der Waals surface area contributed by atoms with Crippen LogP contribution in [0.15, 0.2) is 42.6 Å². The average molecular weight is 285 g/mol. The number of hydrogen-bond donors (Lipinski definition) is 0. The maximum Gasteiger partial charge on any atom is 0.341 e. The summed E-state index contributed by atoms with van der Waals surface area (Å²) in [4.78, 5) is 16.0. The molecule has 0 bridgehead atoms. The predicted octanol–water partition coefficient (Wildman–Crippen LogP) is 2.25. The summed E-state index contributed by atoms with van der Waals surface area (Å²) in [6.45, 7) is 0. The Bertz CT molecular complexity index is 814. The maximum absolute atomic E-state index is 13.7. The molecular formula is C15H12FN3O2. The number of hydrogen-bond acceptors (Lipinski definition) is 4. The third kappa shape index (κ3) is 2.47. The molecule has 0 atom stereocenters. The van der Waals surface area contributed by atoms with Gasteiger partial charge in [-0.15, -0.1) is 0 Å². The Hall–Kier alpha value is -2.76. The van der Waals surface area contributed by atoms with Crippen LogP contribution in [-0.2, 0) is 11.2 Å². The molecule has 0 aliphatic carbocycles. The van der Waals surface area contributed by atoms with Crippen molar-refractivity contribution in [3.05, 3.63) is 65.4 Å². The molecule has 0 N–H and O–H groups in total. The zero-order chi connectivity index (χ0) is 14.8. The molecule has 106 valence electrons. The Balaban J connectivity index is 2.02. The van der Waals surface area contributed by atoms with E-state index in [9.17, 15) is 9.18 Å². The SMILES string of the molecule is COC(=O)c1cccn2nc(Cc3ccccc3F)nc12. The van der Waals surface area contributed by atoms with E-state index in [0.717, 1.165) is 0 Å². The number of halogens is 1. The first-order chi connectivity index (χ1) is 10.2. The van der Waals surface area contributed by atoms with E-state index in [2.05, 4.69) is 10.1 Å². The number of pyridine rings is 1. The number of rotatable bonds is 3. The smallest absolute Gasteiger partial charge is 0.341 e. The van der Waals surface area contributed by atoms with Crippen molar-refractivity contribution >= 4 is 11.6 Å². The Labute approximate surface area is 120 Å². The van der Waals surface area contributed by atoms with Gasteiger partial charge in [0.1, 0.15) is 11.4 Å². The minimum absolute atomic E-state index is 0.259. The zero-order valence-electron chi connectivity index (χ0n) is 11.3. The van der Waals surface area contributed by atoms with Gasteiger partial charge in [0.05, 0.1) is 7.11 Å². The van der Waals surface area contributed by atoms with Crippen molar-refractivity contribution in [2.45, 2.75) is 6.42 Å². The van der Waals surface area contributed by atoms with E-state index in [1.165, 1.54) is 17.7 Å². The average Bonchev–Trinajstić information content (AvgIpc) is 2.91. The van der Waals surface area contributed by atoms with E-state index >= 15 is 0 Å². The summed E-state index contributed by atoms with van der Waals surface area (Å²) >= 11 is 0. The Morgan fingerprint density at radius 3 is 2.86 bits per heavy atom. The first-order valence-corrected chi connectivity index (χ1v) is 6.35. The Morgan fingerprint density at radius 1 is 1.29 bits per heavy atom. The molecule has 21 heavy (non-hydrogen) atoms. The van der Waals surface area contributed by atoms with Crippen LogP contribution in [0.25, 0.3) is 5.65 Å². The second-order valence-electron chi connectivity index (χ2n) is 4.48. The summed E-state index contributed by atoms with van der Waals surface area (Å²) in [6, 6.07) is 9.76. The minimum atomic E-state index is -0.481. The molecule has 6 heteroatoms. The number of fused-ring (bicyclic) bond motifs is 1. The van der Waals surface area contributed by atoms with Crippen LogP contribution in [0.5, 0.6) is 0 Å². The van der Waals surface area contributed by atoms with Gasteiger partial charge in [0.2, 0.25) is 0 Å². The van der Waals surface area contributed by atoms with Crippen LogP contribution in [0.3, 0.4) is 0 Å². The number of carbonyl (C=O) groups excluding carboxylic acids is 1. The van der Waals surface area contributed by atoms with E-state index in [-0.39, 0.29) is 12.2 Å². The number of ether oxygens (including phenoxy) is 1. The molecule has 5 nitrogen and oxygen atoms in total. The number of aromatic nitrogens is 3. The number of carbonyl (C=O) groups is 1. The van der Waals surface area contributed by atoms with Gasteiger partial charge < -0.3 is 4.74 Å². The molecule has 0 spiro atoms. The molecule has 2 heterocycles. The molecule has 0 amide bonds. The predicted molar refractivity (Wildman–Crippen MR) is 73.5 cm³/mol. The third-order valence-corrected chi connectivity index (χ3v) is 3.12. The summed E-state index contributed by atoms with van der Waals surface area (Å²) in [5, 5.41) is 4.26. The lowest BCUT2D eigenvalue weighted by Gasteiger charge is -1.99. The first-order valence-electron chi connectivity index (χ1n) is 6.35. The fourth-order valence-corrected chi connectivity index (χ4v) is 2.11. The van der Waals surface area contributed by atoms with Crippen LogP contribution in [-0.4, -0.2) is 27.7 Å². The van der Waals surface area contributed by atoms with Crippen molar-refractivity contribution in [3.63, 3.8) is 0 Å². The molecule has 0 saturated carbocycles. The molecule has 0 unspecified atom stereocenters. The fourth-order valence-electron chi connectivity index (χ4n) is 2.11. The topological polar surface area (TPSA) is 56.5 Å². The Morgan fingerprint density at radius 2 is 2.10 bits per heavy atom. The molecule has 2 aromatic heterocycles. The molecule has 1 aromatic carbocycles. The standard InChI is InChI=1S/C15H12FN3O2/c1-21-15(20)11-6-4-8-19-14(11)17-13(18-19)9-10-5-2-3-7-12(10)16/h2-8H,9H2,1H3. The van der Waals surface area contributed by atoms with Crippen molar-refractivity contribution in [2.24, 2.45) is 0 Å². The van der Waals surface area contributed by atoms with E-state index in [1.54, 1.807) is 36.5 Å². The second-order valence-corrected chi connectivity index (χ2v) is 4.48. The van der Waals surface area contributed by atoms with Crippen LogP contribution in [0.1, 0.15) is 21.7 Å². The van der Waals surface area contributed by atoms with Crippen LogP contribution in [0.2, 0.25) is 0 Å². The molecule has 0 fully saturated rings. The molecule has 0 radical (unpaired) electrons. The number of benzene rings is 1. The number of nitrogens with zero attached hydrogens (tertiary/aromatic N) is 3. The van der Waals surface area contributed by atoms with E-state index in [0.29, 0.717) is 22.6 Å². The lowest BCUT2D eigenvalue weighted by atomic mass is 10.1. The quantitative estimate of drug-likeness (QED) is 0.693. The van der Waals surface area contributed by atoms with Crippen molar-refractivity contribution in [2.75, 3.05) is 7.11 Å². The normalized spacial score (nSPS) is 10.8. The van der Waals surface area contributed by atoms with Gasteiger partial charge in [0.25, 0.3) is 0 Å². The van der Waals surface area contributed by atoms with Gasteiger partial charge in [-0.2, -0.15) is 5.10 Å². The van der Waals surface area contributed by atoms with Crippen LogP contribution in [0.4, 0.5) is 4.39 Å². The first kappa shape index (κ1) is 13.2. The van der Waals surface area contributed by atoms with Crippen molar-refractivity contribution in [3.8, 4) is 0 Å². The van der Waals surface area contributed by atoms with Crippen molar-refractivity contribution in [1.29, 1.82) is 0 Å². The van der Waals surface area contributed by atoms with Crippen LogP contribution >= 0.6 is 0 Å². The number of methoxy groups -OCH3 is 1. The lowest BCUT2D eigenvalue weighted by molar-refractivity contribution is 0.0602. The van der Waals surface area contributed by atoms with Gasteiger partial charge in [0, 0.05) is 12.6 Å². The largest absolute Gasteiger partial charge is 0.465 e. The third-order valence-electron chi connectivity index (χ3n) is 3.12.